The minimum absolute atomic E-state index is 0.0767. The molecule has 0 spiro atoms. The second-order valence-electron chi connectivity index (χ2n) is 6.50. The topological polar surface area (TPSA) is 122 Å². The summed E-state index contributed by atoms with van der Waals surface area (Å²) >= 11 is 0. The molecule has 29 heavy (non-hydrogen) atoms. The molecule has 1 aliphatic heterocycles. The zero-order chi connectivity index (χ0) is 20.7. The number of nitro benzene ring substituents is 1. The van der Waals surface area contributed by atoms with Crippen LogP contribution in [0.25, 0.3) is 17.0 Å². The summed E-state index contributed by atoms with van der Waals surface area (Å²) in [6, 6.07) is 11.0. The van der Waals surface area contributed by atoms with E-state index in [1.54, 1.807) is 50.2 Å². The molecule has 3 aromatic rings. The molecule has 9 heteroatoms. The SMILES string of the molecule is CC1=N/C(=C/c2ccccc2[N+](=O)[O-])C(=O)N1c1ccc2nc(C)[nH]c(=O)c2c1. The number of amides is 1. The number of nitro groups is 1. The summed E-state index contributed by atoms with van der Waals surface area (Å²) in [5.41, 5.74) is 0.934. The molecule has 0 aliphatic carbocycles. The molecule has 1 aliphatic rings. The van der Waals surface area contributed by atoms with E-state index in [4.69, 9.17) is 0 Å². The number of H-pyrrole nitrogens is 1. The third-order valence-electron chi connectivity index (χ3n) is 4.52. The number of rotatable bonds is 3. The minimum Gasteiger partial charge on any atom is -0.310 e. The molecule has 4 rings (SSSR count). The summed E-state index contributed by atoms with van der Waals surface area (Å²) in [4.78, 5) is 48.4. The Hall–Kier alpha value is -4.14. The highest BCUT2D eigenvalue weighted by molar-refractivity contribution is 6.28. The van der Waals surface area contributed by atoms with Crippen LogP contribution in [-0.4, -0.2) is 26.6 Å². The zero-order valence-corrected chi connectivity index (χ0v) is 15.5. The molecule has 1 aromatic heterocycles. The van der Waals surface area contributed by atoms with Crippen LogP contribution in [0.5, 0.6) is 0 Å². The number of aliphatic imine (C=N–C) groups is 1. The largest absolute Gasteiger partial charge is 0.310 e. The number of aromatic amines is 1. The van der Waals surface area contributed by atoms with Gasteiger partial charge in [0.05, 0.1) is 27.1 Å². The fourth-order valence-corrected chi connectivity index (χ4v) is 3.24. The first-order valence-electron chi connectivity index (χ1n) is 8.70. The van der Waals surface area contributed by atoms with E-state index in [0.717, 1.165) is 0 Å². The van der Waals surface area contributed by atoms with E-state index in [9.17, 15) is 19.7 Å². The van der Waals surface area contributed by atoms with Gasteiger partial charge < -0.3 is 4.98 Å². The Kier molecular flexibility index (Phi) is 4.27. The fourth-order valence-electron chi connectivity index (χ4n) is 3.24. The third kappa shape index (κ3) is 3.18. The smallest absolute Gasteiger partial charge is 0.282 e. The summed E-state index contributed by atoms with van der Waals surface area (Å²) in [7, 11) is 0. The lowest BCUT2D eigenvalue weighted by atomic mass is 10.1. The van der Waals surface area contributed by atoms with Crippen molar-refractivity contribution < 1.29 is 9.72 Å². The van der Waals surface area contributed by atoms with Crippen molar-refractivity contribution in [2.45, 2.75) is 13.8 Å². The molecule has 0 unspecified atom stereocenters. The van der Waals surface area contributed by atoms with Crippen molar-refractivity contribution in [1.82, 2.24) is 9.97 Å². The number of anilines is 1. The van der Waals surface area contributed by atoms with E-state index in [2.05, 4.69) is 15.0 Å². The monoisotopic (exact) mass is 389 g/mol. The second-order valence-corrected chi connectivity index (χ2v) is 6.50. The number of nitrogens with one attached hydrogen (secondary N) is 1. The number of carbonyl (C=O) groups excluding carboxylic acids is 1. The number of nitrogens with zero attached hydrogens (tertiary/aromatic N) is 4. The number of para-hydroxylation sites is 1. The maximum atomic E-state index is 12.9. The van der Waals surface area contributed by atoms with Gasteiger partial charge in [-0.2, -0.15) is 0 Å². The van der Waals surface area contributed by atoms with Crippen LogP contribution >= 0.6 is 0 Å². The second kappa shape index (κ2) is 6.79. The molecule has 1 N–H and O–H groups in total. The van der Waals surface area contributed by atoms with Crippen LogP contribution in [0.1, 0.15) is 18.3 Å². The highest BCUT2D eigenvalue weighted by Crippen LogP contribution is 2.28. The number of aryl methyl sites for hydroxylation is 1. The van der Waals surface area contributed by atoms with Crippen LogP contribution in [0.15, 0.2) is 57.9 Å². The molecule has 0 radical (unpaired) electrons. The Morgan fingerprint density at radius 2 is 1.90 bits per heavy atom. The number of benzene rings is 2. The minimum atomic E-state index is -0.509. The van der Waals surface area contributed by atoms with Crippen molar-refractivity contribution in [3.05, 3.63) is 80.0 Å². The number of hydrogen-bond acceptors (Lipinski definition) is 6. The average molecular weight is 389 g/mol. The van der Waals surface area contributed by atoms with Gasteiger partial charge in [-0.15, -0.1) is 0 Å². The maximum Gasteiger partial charge on any atom is 0.282 e. The first-order chi connectivity index (χ1) is 13.8. The Labute approximate surface area is 164 Å². The molecule has 1 amide bonds. The van der Waals surface area contributed by atoms with Gasteiger partial charge in [0.15, 0.2) is 0 Å². The first-order valence-corrected chi connectivity index (χ1v) is 8.70. The van der Waals surface area contributed by atoms with Gasteiger partial charge in [0.1, 0.15) is 17.4 Å². The summed E-state index contributed by atoms with van der Waals surface area (Å²) in [5, 5.41) is 11.6. The molecule has 0 bridgehead atoms. The number of aromatic nitrogens is 2. The predicted octanol–water partition coefficient (Wildman–Crippen LogP) is 2.95. The molecule has 9 nitrogen and oxygen atoms in total. The highest BCUT2D eigenvalue weighted by atomic mass is 16.6. The zero-order valence-electron chi connectivity index (χ0n) is 15.5. The lowest BCUT2D eigenvalue weighted by molar-refractivity contribution is -0.385. The van der Waals surface area contributed by atoms with Crippen LogP contribution in [-0.2, 0) is 4.79 Å². The number of fused-ring (bicyclic) bond motifs is 1. The number of carbonyl (C=O) groups is 1. The van der Waals surface area contributed by atoms with E-state index in [1.807, 2.05) is 0 Å². The van der Waals surface area contributed by atoms with Crippen molar-refractivity contribution in [2.75, 3.05) is 4.90 Å². The molecule has 0 fully saturated rings. The van der Waals surface area contributed by atoms with Crippen molar-refractivity contribution in [3.63, 3.8) is 0 Å². The van der Waals surface area contributed by atoms with Crippen LogP contribution < -0.4 is 10.5 Å². The average Bonchev–Trinajstić information content (AvgIpc) is 2.95. The summed E-state index contributed by atoms with van der Waals surface area (Å²) in [5.74, 6) is 0.465. The molecule has 0 saturated carbocycles. The number of hydrogen-bond donors (Lipinski definition) is 1. The standard InChI is InChI=1S/C20H15N5O4/c1-11-21-16-8-7-14(10-15(16)19(26)22-11)24-12(2)23-17(20(24)27)9-13-5-3-4-6-18(13)25(28)29/h3-10H,1-2H3,(H,21,22,26)/b17-9+. The summed E-state index contributed by atoms with van der Waals surface area (Å²) in [6.45, 7) is 3.34. The van der Waals surface area contributed by atoms with Gasteiger partial charge in [-0.05, 0) is 44.2 Å². The van der Waals surface area contributed by atoms with Gasteiger partial charge in [0.2, 0.25) is 0 Å². The van der Waals surface area contributed by atoms with Crippen LogP contribution in [0.2, 0.25) is 0 Å². The Bertz CT molecular complexity index is 1310. The van der Waals surface area contributed by atoms with Gasteiger partial charge in [0.25, 0.3) is 17.2 Å². The highest BCUT2D eigenvalue weighted by Gasteiger charge is 2.30. The van der Waals surface area contributed by atoms with E-state index in [0.29, 0.717) is 28.3 Å². The van der Waals surface area contributed by atoms with Gasteiger partial charge >= 0.3 is 0 Å². The van der Waals surface area contributed by atoms with Gasteiger partial charge in [-0.25, -0.2) is 9.98 Å². The van der Waals surface area contributed by atoms with Crippen molar-refractivity contribution >= 4 is 40.1 Å². The molecule has 2 heterocycles. The van der Waals surface area contributed by atoms with Crippen molar-refractivity contribution in [3.8, 4) is 0 Å². The quantitative estimate of drug-likeness (QED) is 0.419. The summed E-state index contributed by atoms with van der Waals surface area (Å²) < 4.78 is 0. The summed E-state index contributed by atoms with van der Waals surface area (Å²) in [6.07, 6.45) is 1.39. The predicted molar refractivity (Wildman–Crippen MR) is 109 cm³/mol. The van der Waals surface area contributed by atoms with E-state index in [-0.39, 0.29) is 22.5 Å². The van der Waals surface area contributed by atoms with Gasteiger partial charge in [0, 0.05) is 6.07 Å². The molecular weight excluding hydrogens is 374 g/mol. The van der Waals surface area contributed by atoms with Crippen LogP contribution in [0.3, 0.4) is 0 Å². The number of amidine groups is 1. The third-order valence-corrected chi connectivity index (χ3v) is 4.52. The van der Waals surface area contributed by atoms with Crippen molar-refractivity contribution in [2.24, 2.45) is 4.99 Å². The fraction of sp³-hybridized carbons (Fsp3) is 0.100. The van der Waals surface area contributed by atoms with Gasteiger partial charge in [-0.1, -0.05) is 12.1 Å². The van der Waals surface area contributed by atoms with E-state index in [1.165, 1.54) is 17.0 Å². The molecule has 2 aromatic carbocycles. The molecule has 0 atom stereocenters. The van der Waals surface area contributed by atoms with Crippen LogP contribution in [0, 0.1) is 17.0 Å². The molecular formula is C20H15N5O4. The molecule has 144 valence electrons. The first kappa shape index (κ1) is 18.2. The van der Waals surface area contributed by atoms with Crippen molar-refractivity contribution in [1.29, 1.82) is 0 Å². The Balaban J connectivity index is 1.76. The van der Waals surface area contributed by atoms with Crippen LogP contribution in [0.4, 0.5) is 11.4 Å². The van der Waals surface area contributed by atoms with E-state index >= 15 is 0 Å². The lowest BCUT2D eigenvalue weighted by Gasteiger charge is -2.16. The van der Waals surface area contributed by atoms with E-state index < -0.39 is 10.8 Å². The Morgan fingerprint density at radius 3 is 2.66 bits per heavy atom. The lowest BCUT2D eigenvalue weighted by Crippen LogP contribution is -2.30. The normalized spacial score (nSPS) is 15.2. The maximum absolute atomic E-state index is 12.9. The Morgan fingerprint density at radius 1 is 1.14 bits per heavy atom. The molecule has 0 saturated heterocycles. The van der Waals surface area contributed by atoms with Gasteiger partial charge in [-0.3, -0.25) is 24.6 Å².